The Morgan fingerprint density at radius 3 is 2.83 bits per heavy atom. The number of nitrogens with one attached hydrogen (secondary N) is 1. The van der Waals surface area contributed by atoms with Crippen LogP contribution in [-0.4, -0.2) is 5.11 Å². The second-order valence-corrected chi connectivity index (χ2v) is 3.32. The monoisotopic (exact) mass is 248 g/mol. The van der Waals surface area contributed by atoms with Crippen molar-refractivity contribution in [1.82, 2.24) is 0 Å². The van der Waals surface area contributed by atoms with E-state index < -0.39 is 0 Å². The van der Waals surface area contributed by atoms with E-state index in [9.17, 15) is 4.39 Å². The van der Waals surface area contributed by atoms with Crippen LogP contribution in [0, 0.1) is 5.82 Å². The molecule has 2 nitrogen and oxygen atoms in total. The fourth-order valence-corrected chi connectivity index (χ4v) is 1.21. The highest BCUT2D eigenvalue weighted by atomic mass is 79.9. The number of hydrogen-bond donors (Lipinski definition) is 2. The third-order valence-electron chi connectivity index (χ3n) is 1.21. The summed E-state index contributed by atoms with van der Waals surface area (Å²) in [5, 5.41) is 2.75. The zero-order valence-electron chi connectivity index (χ0n) is 5.97. The summed E-state index contributed by atoms with van der Waals surface area (Å²) in [4.78, 5) is 0. The molecule has 0 atom stereocenters. The van der Waals surface area contributed by atoms with Gasteiger partial charge in [0.1, 0.15) is 5.82 Å². The Bertz CT molecular complexity index is 316. The lowest BCUT2D eigenvalue weighted by Crippen LogP contribution is -2.19. The zero-order valence-corrected chi connectivity index (χ0v) is 8.38. The Morgan fingerprint density at radius 1 is 1.58 bits per heavy atom. The lowest BCUT2D eigenvalue weighted by molar-refractivity contribution is 0.622. The molecule has 1 rings (SSSR count). The summed E-state index contributed by atoms with van der Waals surface area (Å²) in [5.74, 6) is -0.351. The first-order valence-electron chi connectivity index (χ1n) is 3.11. The van der Waals surface area contributed by atoms with E-state index in [2.05, 4.69) is 33.5 Å². The second kappa shape index (κ2) is 3.82. The maximum atomic E-state index is 12.9. The smallest absolute Gasteiger partial charge is 0.168 e. The minimum atomic E-state index is -0.351. The number of nitrogens with two attached hydrogens (primary N) is 1. The summed E-state index contributed by atoms with van der Waals surface area (Å²) in [6.45, 7) is 0. The van der Waals surface area contributed by atoms with Crippen molar-refractivity contribution in [3.05, 3.63) is 28.5 Å². The zero-order chi connectivity index (χ0) is 9.14. The summed E-state index contributed by atoms with van der Waals surface area (Å²) in [5.41, 5.74) is 5.75. The van der Waals surface area contributed by atoms with Gasteiger partial charge in [-0.2, -0.15) is 0 Å². The van der Waals surface area contributed by atoms with E-state index in [0.29, 0.717) is 10.2 Å². The fraction of sp³-hybridized carbons (Fsp3) is 0. The van der Waals surface area contributed by atoms with E-state index in [1.165, 1.54) is 6.07 Å². The van der Waals surface area contributed by atoms with Gasteiger partial charge >= 0.3 is 0 Å². The van der Waals surface area contributed by atoms with Gasteiger partial charge in [-0.05, 0) is 40.3 Å². The molecule has 0 bridgehead atoms. The first-order chi connectivity index (χ1) is 5.61. The summed E-state index contributed by atoms with van der Waals surface area (Å²) < 4.78 is 13.2. The first-order valence-corrected chi connectivity index (χ1v) is 4.32. The maximum Gasteiger partial charge on any atom is 0.168 e. The Kier molecular flexibility index (Phi) is 2.99. The SMILES string of the molecule is NC(=S)Nc1cccc(F)c1Br. The van der Waals surface area contributed by atoms with Crippen LogP contribution in [0.3, 0.4) is 0 Å². The van der Waals surface area contributed by atoms with Crippen LogP contribution in [0.25, 0.3) is 0 Å². The molecular weight excluding hydrogens is 243 g/mol. The molecule has 0 saturated heterocycles. The van der Waals surface area contributed by atoms with E-state index in [4.69, 9.17) is 5.73 Å². The van der Waals surface area contributed by atoms with E-state index >= 15 is 0 Å². The minimum absolute atomic E-state index is 0.112. The standard InChI is InChI=1S/C7H6BrFN2S/c8-6-4(9)2-1-3-5(6)11-7(10)12/h1-3H,(H3,10,11,12). The van der Waals surface area contributed by atoms with Gasteiger partial charge in [0, 0.05) is 0 Å². The van der Waals surface area contributed by atoms with Crippen molar-refractivity contribution in [1.29, 1.82) is 0 Å². The van der Waals surface area contributed by atoms with Gasteiger partial charge in [0.25, 0.3) is 0 Å². The van der Waals surface area contributed by atoms with Gasteiger partial charge in [-0.3, -0.25) is 0 Å². The largest absolute Gasteiger partial charge is 0.376 e. The number of rotatable bonds is 1. The van der Waals surface area contributed by atoms with Crippen molar-refractivity contribution in [2.24, 2.45) is 5.73 Å². The van der Waals surface area contributed by atoms with Crippen molar-refractivity contribution < 1.29 is 4.39 Å². The molecule has 5 heteroatoms. The lowest BCUT2D eigenvalue weighted by Gasteiger charge is -2.05. The van der Waals surface area contributed by atoms with Crippen LogP contribution in [0.2, 0.25) is 0 Å². The topological polar surface area (TPSA) is 38.0 Å². The van der Waals surface area contributed by atoms with Gasteiger partial charge in [0.2, 0.25) is 0 Å². The third kappa shape index (κ3) is 2.15. The Morgan fingerprint density at radius 2 is 2.25 bits per heavy atom. The Hall–Kier alpha value is -0.680. The quantitative estimate of drug-likeness (QED) is 0.749. The van der Waals surface area contributed by atoms with Gasteiger partial charge in [0.15, 0.2) is 5.11 Å². The van der Waals surface area contributed by atoms with Crippen LogP contribution in [0.1, 0.15) is 0 Å². The molecule has 0 aliphatic carbocycles. The van der Waals surface area contributed by atoms with Gasteiger partial charge in [-0.1, -0.05) is 6.07 Å². The van der Waals surface area contributed by atoms with Crippen molar-refractivity contribution in [2.75, 3.05) is 5.32 Å². The van der Waals surface area contributed by atoms with Crippen LogP contribution in [0.15, 0.2) is 22.7 Å². The van der Waals surface area contributed by atoms with E-state index in [-0.39, 0.29) is 10.9 Å². The number of thiocarbonyl (C=S) groups is 1. The van der Waals surface area contributed by atoms with Gasteiger partial charge < -0.3 is 11.1 Å². The molecule has 64 valence electrons. The van der Waals surface area contributed by atoms with E-state index in [1.54, 1.807) is 12.1 Å². The molecular formula is C7H6BrFN2S. The van der Waals surface area contributed by atoms with Crippen LogP contribution < -0.4 is 11.1 Å². The van der Waals surface area contributed by atoms with Crippen LogP contribution >= 0.6 is 28.1 Å². The van der Waals surface area contributed by atoms with Crippen molar-refractivity contribution in [3.63, 3.8) is 0 Å². The fourth-order valence-electron chi connectivity index (χ4n) is 0.733. The highest BCUT2D eigenvalue weighted by Crippen LogP contribution is 2.24. The first kappa shape index (κ1) is 9.41. The van der Waals surface area contributed by atoms with Crippen LogP contribution in [-0.2, 0) is 0 Å². The van der Waals surface area contributed by atoms with E-state index in [1.807, 2.05) is 0 Å². The van der Waals surface area contributed by atoms with Gasteiger partial charge in [-0.15, -0.1) is 0 Å². The molecule has 0 saturated carbocycles. The van der Waals surface area contributed by atoms with Crippen molar-refractivity contribution in [3.8, 4) is 0 Å². The molecule has 0 aliphatic rings. The summed E-state index contributed by atoms with van der Waals surface area (Å²) in [6, 6.07) is 4.59. The van der Waals surface area contributed by atoms with E-state index in [0.717, 1.165) is 0 Å². The molecule has 0 amide bonds. The predicted octanol–water partition coefficient (Wildman–Crippen LogP) is 2.24. The molecule has 0 radical (unpaired) electrons. The molecule has 0 heterocycles. The lowest BCUT2D eigenvalue weighted by atomic mass is 10.3. The number of halogens is 2. The average molecular weight is 249 g/mol. The van der Waals surface area contributed by atoms with Gasteiger partial charge in [-0.25, -0.2) is 4.39 Å². The molecule has 0 spiro atoms. The molecule has 0 aliphatic heterocycles. The second-order valence-electron chi connectivity index (χ2n) is 2.09. The molecule has 0 fully saturated rings. The molecule has 1 aromatic rings. The number of benzene rings is 1. The molecule has 3 N–H and O–H groups in total. The Labute approximate surface area is 83.1 Å². The number of anilines is 1. The third-order valence-corrected chi connectivity index (χ3v) is 2.12. The Balaban J connectivity index is 3.00. The average Bonchev–Trinajstić information content (AvgIpc) is 1.98. The number of hydrogen-bond acceptors (Lipinski definition) is 1. The van der Waals surface area contributed by atoms with Crippen LogP contribution in [0.5, 0.6) is 0 Å². The van der Waals surface area contributed by atoms with Crippen molar-refractivity contribution in [2.45, 2.75) is 0 Å². The van der Waals surface area contributed by atoms with Gasteiger partial charge in [0.05, 0.1) is 10.2 Å². The summed E-state index contributed by atoms with van der Waals surface area (Å²) in [7, 11) is 0. The van der Waals surface area contributed by atoms with Crippen LogP contribution in [0.4, 0.5) is 10.1 Å². The normalized spacial score (nSPS) is 9.50. The maximum absolute atomic E-state index is 12.9. The molecule has 12 heavy (non-hydrogen) atoms. The summed E-state index contributed by atoms with van der Waals surface area (Å²) in [6.07, 6.45) is 0. The highest BCUT2D eigenvalue weighted by molar-refractivity contribution is 9.10. The molecule has 1 aromatic carbocycles. The molecule has 0 unspecified atom stereocenters. The minimum Gasteiger partial charge on any atom is -0.376 e. The molecule has 0 aromatic heterocycles. The van der Waals surface area contributed by atoms with Crippen molar-refractivity contribution >= 4 is 38.9 Å². The summed E-state index contributed by atoms with van der Waals surface area (Å²) >= 11 is 7.66. The predicted molar refractivity (Wildman–Crippen MR) is 54.5 cm³/mol. The highest BCUT2D eigenvalue weighted by Gasteiger charge is 2.04.